The molecule has 0 radical (unpaired) electrons. The zero-order chi connectivity index (χ0) is 17.7. The molecule has 1 heterocycles. The van der Waals surface area contributed by atoms with Crippen molar-refractivity contribution >= 4 is 18.3 Å². The van der Waals surface area contributed by atoms with Gasteiger partial charge in [0.15, 0.2) is 11.5 Å². The van der Waals surface area contributed by atoms with Crippen LogP contribution >= 0.6 is 12.4 Å². The van der Waals surface area contributed by atoms with Gasteiger partial charge in [-0.25, -0.2) is 8.78 Å². The summed E-state index contributed by atoms with van der Waals surface area (Å²) in [7, 11) is 3.01. The molecule has 1 amide bonds. The van der Waals surface area contributed by atoms with Crippen molar-refractivity contribution in [1.29, 1.82) is 0 Å². The SMILES string of the molecule is CCOc1c(OC)cc(CNC(=O)C2CC(F)(F)CN2)cc1OC.Cl. The van der Waals surface area contributed by atoms with E-state index in [0.717, 1.165) is 0 Å². The first-order valence-corrected chi connectivity index (χ1v) is 7.66. The van der Waals surface area contributed by atoms with Gasteiger partial charge >= 0.3 is 0 Å². The van der Waals surface area contributed by atoms with Gasteiger partial charge in [0.05, 0.1) is 33.4 Å². The summed E-state index contributed by atoms with van der Waals surface area (Å²) in [5.74, 6) is -1.86. The highest BCUT2D eigenvalue weighted by atomic mass is 35.5. The molecule has 2 rings (SSSR count). The summed E-state index contributed by atoms with van der Waals surface area (Å²) in [6, 6.07) is 2.54. The molecule has 1 unspecified atom stereocenters. The molecule has 0 spiro atoms. The second-order valence-corrected chi connectivity index (χ2v) is 5.47. The van der Waals surface area contributed by atoms with E-state index in [9.17, 15) is 13.6 Å². The fourth-order valence-corrected chi connectivity index (χ4v) is 2.54. The lowest BCUT2D eigenvalue weighted by molar-refractivity contribution is -0.123. The standard InChI is InChI=1S/C16H22F2N2O4.ClH/c1-4-24-14-12(22-2)5-10(6-13(14)23-3)8-19-15(21)11-7-16(17,18)9-20-11;/h5-6,11,20H,4,7-9H2,1-3H3,(H,19,21);1H. The van der Waals surface area contributed by atoms with E-state index in [1.807, 2.05) is 6.92 Å². The smallest absolute Gasteiger partial charge is 0.262 e. The molecule has 142 valence electrons. The van der Waals surface area contributed by atoms with Crippen LogP contribution in [-0.2, 0) is 11.3 Å². The van der Waals surface area contributed by atoms with Gasteiger partial charge in [-0.05, 0) is 24.6 Å². The Hall–Kier alpha value is -1.80. The number of rotatable bonds is 7. The van der Waals surface area contributed by atoms with Crippen LogP contribution in [0.3, 0.4) is 0 Å². The normalized spacial score (nSPS) is 18.2. The molecule has 1 fully saturated rings. The van der Waals surface area contributed by atoms with Crippen LogP contribution in [0.15, 0.2) is 12.1 Å². The van der Waals surface area contributed by atoms with E-state index < -0.39 is 30.8 Å². The van der Waals surface area contributed by atoms with Crippen molar-refractivity contribution in [2.45, 2.75) is 31.9 Å². The van der Waals surface area contributed by atoms with Crippen molar-refractivity contribution < 1.29 is 27.8 Å². The number of halogens is 3. The van der Waals surface area contributed by atoms with E-state index in [0.29, 0.717) is 29.4 Å². The fraction of sp³-hybridized carbons (Fsp3) is 0.562. The molecule has 6 nitrogen and oxygen atoms in total. The summed E-state index contributed by atoms with van der Waals surface area (Å²) in [6.07, 6.45) is -0.491. The Balaban J connectivity index is 0.00000312. The highest BCUT2D eigenvalue weighted by Gasteiger charge is 2.42. The fourth-order valence-electron chi connectivity index (χ4n) is 2.54. The molecule has 1 aromatic rings. The van der Waals surface area contributed by atoms with E-state index in [-0.39, 0.29) is 19.0 Å². The van der Waals surface area contributed by atoms with Gasteiger partial charge in [0.25, 0.3) is 5.92 Å². The first-order valence-electron chi connectivity index (χ1n) is 7.66. The minimum absolute atomic E-state index is 0. The van der Waals surface area contributed by atoms with Gasteiger partial charge in [-0.15, -0.1) is 12.4 Å². The Bertz CT molecular complexity index is 576. The van der Waals surface area contributed by atoms with Gasteiger partial charge in [-0.2, -0.15) is 0 Å². The molecule has 9 heteroatoms. The van der Waals surface area contributed by atoms with Gasteiger partial charge in [-0.1, -0.05) is 0 Å². The molecule has 25 heavy (non-hydrogen) atoms. The van der Waals surface area contributed by atoms with Gasteiger partial charge < -0.3 is 19.5 Å². The molecule has 0 aromatic heterocycles. The van der Waals surface area contributed by atoms with Crippen LogP contribution in [0.4, 0.5) is 8.78 Å². The number of benzene rings is 1. The maximum Gasteiger partial charge on any atom is 0.262 e. The monoisotopic (exact) mass is 380 g/mol. The van der Waals surface area contributed by atoms with Crippen LogP contribution in [0.5, 0.6) is 17.2 Å². The third-order valence-corrected chi connectivity index (χ3v) is 3.70. The van der Waals surface area contributed by atoms with Crippen molar-refractivity contribution in [1.82, 2.24) is 10.6 Å². The average molecular weight is 381 g/mol. The zero-order valence-electron chi connectivity index (χ0n) is 14.4. The van der Waals surface area contributed by atoms with Gasteiger partial charge in [0.2, 0.25) is 11.7 Å². The Labute approximate surface area is 151 Å². The van der Waals surface area contributed by atoms with Crippen LogP contribution < -0.4 is 24.8 Å². The first kappa shape index (κ1) is 21.2. The Kier molecular flexibility index (Phi) is 7.69. The Morgan fingerprint density at radius 1 is 1.32 bits per heavy atom. The van der Waals surface area contributed by atoms with E-state index in [4.69, 9.17) is 14.2 Å². The minimum Gasteiger partial charge on any atom is -0.493 e. The van der Waals surface area contributed by atoms with Crippen LogP contribution in [0.25, 0.3) is 0 Å². The molecule has 1 saturated heterocycles. The number of methoxy groups -OCH3 is 2. The summed E-state index contributed by atoms with van der Waals surface area (Å²) in [4.78, 5) is 12.0. The van der Waals surface area contributed by atoms with E-state index in [2.05, 4.69) is 10.6 Å². The van der Waals surface area contributed by atoms with Crippen molar-refractivity contribution in [2.75, 3.05) is 27.4 Å². The number of carbonyl (C=O) groups excluding carboxylic acids is 1. The van der Waals surface area contributed by atoms with Crippen molar-refractivity contribution in [2.24, 2.45) is 0 Å². The number of ether oxygens (including phenoxy) is 3. The summed E-state index contributed by atoms with van der Waals surface area (Å²) >= 11 is 0. The molecule has 2 N–H and O–H groups in total. The van der Waals surface area contributed by atoms with Crippen LogP contribution in [0.1, 0.15) is 18.9 Å². The molecular formula is C16H23ClF2N2O4. The Morgan fingerprint density at radius 3 is 2.36 bits per heavy atom. The number of hydrogen-bond donors (Lipinski definition) is 2. The lowest BCUT2D eigenvalue weighted by Gasteiger charge is -2.16. The number of carbonyl (C=O) groups is 1. The van der Waals surface area contributed by atoms with Crippen LogP contribution in [0.2, 0.25) is 0 Å². The maximum atomic E-state index is 13.1. The molecule has 1 aliphatic heterocycles. The first-order chi connectivity index (χ1) is 11.4. The van der Waals surface area contributed by atoms with Crippen LogP contribution in [0, 0.1) is 0 Å². The zero-order valence-corrected chi connectivity index (χ0v) is 15.2. The second kappa shape index (κ2) is 9.05. The Morgan fingerprint density at radius 2 is 1.92 bits per heavy atom. The number of alkyl halides is 2. The number of amides is 1. The summed E-state index contributed by atoms with van der Waals surface area (Å²) in [5.41, 5.74) is 0.713. The molecule has 0 aliphatic carbocycles. The van der Waals surface area contributed by atoms with Gasteiger partial charge in [0, 0.05) is 13.0 Å². The van der Waals surface area contributed by atoms with Crippen molar-refractivity contribution in [3.63, 3.8) is 0 Å². The maximum absolute atomic E-state index is 13.1. The number of hydrogen-bond acceptors (Lipinski definition) is 5. The third kappa shape index (κ3) is 5.34. The van der Waals surface area contributed by atoms with Crippen molar-refractivity contribution in [3.05, 3.63) is 17.7 Å². The lowest BCUT2D eigenvalue weighted by atomic mass is 10.1. The number of nitrogens with one attached hydrogen (secondary N) is 2. The minimum atomic E-state index is -2.84. The van der Waals surface area contributed by atoms with Gasteiger partial charge in [-0.3, -0.25) is 10.1 Å². The highest BCUT2D eigenvalue weighted by molar-refractivity contribution is 5.85. The third-order valence-electron chi connectivity index (χ3n) is 3.70. The second-order valence-electron chi connectivity index (χ2n) is 5.47. The molecule has 1 aliphatic rings. The summed E-state index contributed by atoms with van der Waals surface area (Å²) < 4.78 is 42.4. The molecule has 0 saturated carbocycles. The highest BCUT2D eigenvalue weighted by Crippen LogP contribution is 2.38. The van der Waals surface area contributed by atoms with E-state index >= 15 is 0 Å². The molecule has 1 atom stereocenters. The quantitative estimate of drug-likeness (QED) is 0.758. The van der Waals surface area contributed by atoms with Crippen molar-refractivity contribution in [3.8, 4) is 17.2 Å². The van der Waals surface area contributed by atoms with Gasteiger partial charge in [0.1, 0.15) is 0 Å². The van der Waals surface area contributed by atoms with E-state index in [1.54, 1.807) is 12.1 Å². The summed E-state index contributed by atoms with van der Waals surface area (Å²) in [6.45, 7) is 1.99. The largest absolute Gasteiger partial charge is 0.493 e. The average Bonchev–Trinajstić information content (AvgIpc) is 2.93. The predicted molar refractivity (Wildman–Crippen MR) is 91.2 cm³/mol. The van der Waals surface area contributed by atoms with Crippen LogP contribution in [-0.4, -0.2) is 45.2 Å². The lowest BCUT2D eigenvalue weighted by Crippen LogP contribution is -2.40. The predicted octanol–water partition coefficient (Wildman–Crippen LogP) is 2.14. The summed E-state index contributed by atoms with van der Waals surface area (Å²) in [5, 5.41) is 5.17. The topological polar surface area (TPSA) is 68.8 Å². The molecule has 1 aromatic carbocycles. The molecule has 0 bridgehead atoms. The van der Waals surface area contributed by atoms with E-state index in [1.165, 1.54) is 14.2 Å². The molecular weight excluding hydrogens is 358 g/mol.